The Morgan fingerprint density at radius 3 is 3.06 bits per heavy atom. The van der Waals surface area contributed by atoms with Crippen LogP contribution in [-0.2, 0) is 19.6 Å². The molecule has 2 heterocycles. The normalized spacial score (nSPS) is 10.8. The lowest BCUT2D eigenvalue weighted by Gasteiger charge is -2.07. The molecule has 0 fully saturated rings. The van der Waals surface area contributed by atoms with E-state index in [2.05, 4.69) is 32.1 Å². The Bertz CT molecular complexity index is 405. The second-order valence-electron chi connectivity index (χ2n) is 3.52. The van der Waals surface area contributed by atoms with E-state index in [-0.39, 0.29) is 0 Å². The molecular formula is C10H16N6. The fourth-order valence-corrected chi connectivity index (χ4v) is 1.51. The van der Waals surface area contributed by atoms with Crippen molar-refractivity contribution in [2.75, 3.05) is 6.54 Å². The predicted octanol–water partition coefficient (Wildman–Crippen LogP) is 0.284. The standard InChI is InChI=1S/C10H16N6/c1-2-11-7-10-8-12-9-15(10)5-6-16-4-3-13-14-16/h3-4,8-9,11H,2,5-7H2,1H3. The maximum absolute atomic E-state index is 4.15. The van der Waals surface area contributed by atoms with Crippen molar-refractivity contribution in [3.8, 4) is 0 Å². The first-order chi connectivity index (χ1) is 7.90. The molecule has 0 saturated heterocycles. The summed E-state index contributed by atoms with van der Waals surface area (Å²) in [6, 6.07) is 0. The van der Waals surface area contributed by atoms with E-state index in [1.807, 2.05) is 23.4 Å². The Balaban J connectivity index is 1.91. The van der Waals surface area contributed by atoms with Gasteiger partial charge in [0.15, 0.2) is 0 Å². The van der Waals surface area contributed by atoms with E-state index in [9.17, 15) is 0 Å². The van der Waals surface area contributed by atoms with E-state index in [1.165, 1.54) is 5.69 Å². The minimum atomic E-state index is 0.815. The Morgan fingerprint density at radius 2 is 2.31 bits per heavy atom. The third-order valence-electron chi connectivity index (χ3n) is 2.40. The zero-order valence-electron chi connectivity index (χ0n) is 9.37. The van der Waals surface area contributed by atoms with Crippen molar-refractivity contribution in [1.29, 1.82) is 0 Å². The van der Waals surface area contributed by atoms with Crippen LogP contribution in [0.25, 0.3) is 0 Å². The highest BCUT2D eigenvalue weighted by Crippen LogP contribution is 1.99. The van der Waals surface area contributed by atoms with Gasteiger partial charge in [0.25, 0.3) is 0 Å². The summed E-state index contributed by atoms with van der Waals surface area (Å²) >= 11 is 0. The van der Waals surface area contributed by atoms with Crippen molar-refractivity contribution in [3.63, 3.8) is 0 Å². The van der Waals surface area contributed by atoms with Crippen LogP contribution in [0.2, 0.25) is 0 Å². The first-order valence-corrected chi connectivity index (χ1v) is 5.44. The summed E-state index contributed by atoms with van der Waals surface area (Å²) in [7, 11) is 0. The molecule has 86 valence electrons. The number of aromatic nitrogens is 5. The second kappa shape index (κ2) is 5.41. The molecule has 0 unspecified atom stereocenters. The molecule has 0 aliphatic rings. The van der Waals surface area contributed by atoms with Gasteiger partial charge in [-0.1, -0.05) is 12.1 Å². The van der Waals surface area contributed by atoms with E-state index in [0.717, 1.165) is 26.2 Å². The summed E-state index contributed by atoms with van der Waals surface area (Å²) in [5.41, 5.74) is 1.20. The third kappa shape index (κ3) is 2.66. The van der Waals surface area contributed by atoms with Crippen LogP contribution in [0.3, 0.4) is 0 Å². The van der Waals surface area contributed by atoms with Crippen molar-refractivity contribution >= 4 is 0 Å². The summed E-state index contributed by atoms with van der Waals surface area (Å²) in [6.07, 6.45) is 7.29. The molecule has 1 N–H and O–H groups in total. The summed E-state index contributed by atoms with van der Waals surface area (Å²) < 4.78 is 3.95. The molecule has 0 bridgehead atoms. The molecule has 0 saturated carbocycles. The van der Waals surface area contributed by atoms with Gasteiger partial charge in [-0.15, -0.1) is 5.10 Å². The molecule has 0 radical (unpaired) electrons. The highest BCUT2D eigenvalue weighted by Gasteiger charge is 2.01. The van der Waals surface area contributed by atoms with Gasteiger partial charge in [0, 0.05) is 25.5 Å². The molecule has 16 heavy (non-hydrogen) atoms. The zero-order valence-corrected chi connectivity index (χ0v) is 9.37. The first kappa shape index (κ1) is 10.8. The molecule has 0 atom stereocenters. The van der Waals surface area contributed by atoms with Crippen LogP contribution in [0.4, 0.5) is 0 Å². The lowest BCUT2D eigenvalue weighted by molar-refractivity contribution is 0.504. The Kier molecular flexibility index (Phi) is 3.66. The maximum Gasteiger partial charge on any atom is 0.0949 e. The van der Waals surface area contributed by atoms with Gasteiger partial charge in [-0.2, -0.15) is 0 Å². The number of rotatable bonds is 6. The quantitative estimate of drug-likeness (QED) is 0.760. The van der Waals surface area contributed by atoms with Crippen LogP contribution >= 0.6 is 0 Å². The van der Waals surface area contributed by atoms with Gasteiger partial charge in [-0.05, 0) is 6.54 Å². The topological polar surface area (TPSA) is 60.6 Å². The van der Waals surface area contributed by atoms with Crippen molar-refractivity contribution in [2.24, 2.45) is 0 Å². The fourth-order valence-electron chi connectivity index (χ4n) is 1.51. The first-order valence-electron chi connectivity index (χ1n) is 5.44. The highest BCUT2D eigenvalue weighted by atomic mass is 15.4. The molecule has 0 aliphatic carbocycles. The lowest BCUT2D eigenvalue weighted by atomic mass is 10.4. The summed E-state index contributed by atoms with van der Waals surface area (Å²) in [4.78, 5) is 4.15. The van der Waals surface area contributed by atoms with Crippen LogP contribution in [0.15, 0.2) is 24.9 Å². The molecule has 6 heteroatoms. The van der Waals surface area contributed by atoms with Gasteiger partial charge in [0.2, 0.25) is 0 Å². The van der Waals surface area contributed by atoms with Crippen molar-refractivity contribution in [1.82, 2.24) is 29.9 Å². The molecular weight excluding hydrogens is 204 g/mol. The number of imidazole rings is 1. The van der Waals surface area contributed by atoms with E-state index >= 15 is 0 Å². The van der Waals surface area contributed by atoms with E-state index in [4.69, 9.17) is 0 Å². The van der Waals surface area contributed by atoms with Gasteiger partial charge in [0.05, 0.1) is 24.8 Å². The summed E-state index contributed by atoms with van der Waals surface area (Å²) in [6.45, 7) is 5.60. The van der Waals surface area contributed by atoms with Crippen molar-refractivity contribution in [3.05, 3.63) is 30.6 Å². The van der Waals surface area contributed by atoms with Crippen molar-refractivity contribution < 1.29 is 0 Å². The van der Waals surface area contributed by atoms with Gasteiger partial charge < -0.3 is 9.88 Å². The minimum absolute atomic E-state index is 0.815. The molecule has 0 aromatic carbocycles. The van der Waals surface area contributed by atoms with Gasteiger partial charge in [-0.3, -0.25) is 4.68 Å². The molecule has 2 aromatic heterocycles. The van der Waals surface area contributed by atoms with E-state index in [0.29, 0.717) is 0 Å². The van der Waals surface area contributed by atoms with Crippen LogP contribution in [0, 0.1) is 0 Å². The number of aryl methyl sites for hydroxylation is 2. The van der Waals surface area contributed by atoms with Crippen LogP contribution in [-0.4, -0.2) is 31.1 Å². The zero-order chi connectivity index (χ0) is 11.2. The van der Waals surface area contributed by atoms with Gasteiger partial charge >= 0.3 is 0 Å². The molecule has 6 nitrogen and oxygen atoms in total. The Labute approximate surface area is 94.3 Å². The molecule has 2 rings (SSSR count). The largest absolute Gasteiger partial charge is 0.332 e. The Hall–Kier alpha value is -1.69. The van der Waals surface area contributed by atoms with Crippen LogP contribution < -0.4 is 5.32 Å². The van der Waals surface area contributed by atoms with E-state index in [1.54, 1.807) is 6.20 Å². The average molecular weight is 220 g/mol. The minimum Gasteiger partial charge on any atom is -0.332 e. The smallest absolute Gasteiger partial charge is 0.0949 e. The van der Waals surface area contributed by atoms with Crippen LogP contribution in [0.1, 0.15) is 12.6 Å². The Morgan fingerprint density at radius 1 is 1.38 bits per heavy atom. The van der Waals surface area contributed by atoms with Gasteiger partial charge in [-0.25, -0.2) is 4.98 Å². The number of nitrogens with one attached hydrogen (secondary N) is 1. The van der Waals surface area contributed by atoms with Crippen LogP contribution in [0.5, 0.6) is 0 Å². The SMILES string of the molecule is CCNCc1cncn1CCn1ccnn1. The maximum atomic E-state index is 4.15. The van der Waals surface area contributed by atoms with E-state index < -0.39 is 0 Å². The molecule has 2 aromatic rings. The molecule has 0 aliphatic heterocycles. The molecule has 0 amide bonds. The fraction of sp³-hybridized carbons (Fsp3) is 0.500. The second-order valence-corrected chi connectivity index (χ2v) is 3.52. The predicted molar refractivity (Wildman–Crippen MR) is 59.6 cm³/mol. The van der Waals surface area contributed by atoms with Gasteiger partial charge in [0.1, 0.15) is 0 Å². The summed E-state index contributed by atoms with van der Waals surface area (Å²) in [5, 5.41) is 11.0. The number of hydrogen-bond donors (Lipinski definition) is 1. The third-order valence-corrected chi connectivity index (χ3v) is 2.40. The lowest BCUT2D eigenvalue weighted by Crippen LogP contribution is -2.16. The number of hydrogen-bond acceptors (Lipinski definition) is 4. The number of nitrogens with zero attached hydrogens (tertiary/aromatic N) is 5. The van der Waals surface area contributed by atoms with Crippen molar-refractivity contribution in [2.45, 2.75) is 26.6 Å². The monoisotopic (exact) mass is 220 g/mol. The summed E-state index contributed by atoms with van der Waals surface area (Å²) in [5.74, 6) is 0. The molecule has 0 spiro atoms. The average Bonchev–Trinajstić information content (AvgIpc) is 2.94. The highest BCUT2D eigenvalue weighted by molar-refractivity contribution is 4.97.